The van der Waals surface area contributed by atoms with E-state index < -0.39 is 0 Å². The molecule has 5 nitrogen and oxygen atoms in total. The molecular weight excluding hydrogens is 276 g/mol. The third-order valence-corrected chi connectivity index (χ3v) is 4.24. The molecule has 1 aromatic heterocycles. The number of carbonyl (C=O) groups is 1. The highest BCUT2D eigenvalue weighted by Crippen LogP contribution is 2.14. The second-order valence-corrected chi connectivity index (χ2v) is 5.81. The lowest BCUT2D eigenvalue weighted by molar-refractivity contribution is 0.0698. The Bertz CT molecular complexity index is 606. The van der Waals surface area contributed by atoms with E-state index in [4.69, 9.17) is 0 Å². The smallest absolute Gasteiger partial charge is 0.253 e. The van der Waals surface area contributed by atoms with Crippen LogP contribution < -0.4 is 5.32 Å². The maximum atomic E-state index is 12.6. The van der Waals surface area contributed by atoms with Gasteiger partial charge in [0.1, 0.15) is 0 Å². The number of amides is 1. The van der Waals surface area contributed by atoms with Crippen molar-refractivity contribution in [2.75, 3.05) is 20.1 Å². The van der Waals surface area contributed by atoms with Crippen LogP contribution in [0, 0.1) is 0 Å². The fraction of sp³-hybridized carbons (Fsp3) is 0.412. The van der Waals surface area contributed by atoms with Crippen LogP contribution in [0.25, 0.3) is 0 Å². The first-order valence-corrected chi connectivity index (χ1v) is 7.77. The van der Waals surface area contributed by atoms with Crippen molar-refractivity contribution in [3.05, 3.63) is 54.1 Å². The first-order chi connectivity index (χ1) is 10.8. The second-order valence-electron chi connectivity index (χ2n) is 5.81. The van der Waals surface area contributed by atoms with Crippen LogP contribution in [0.1, 0.15) is 28.8 Å². The van der Waals surface area contributed by atoms with Gasteiger partial charge in [-0.2, -0.15) is 0 Å². The average Bonchev–Trinajstić information content (AvgIpc) is 3.08. The van der Waals surface area contributed by atoms with Gasteiger partial charge in [0.2, 0.25) is 0 Å². The van der Waals surface area contributed by atoms with Crippen molar-refractivity contribution in [2.45, 2.75) is 25.4 Å². The monoisotopic (exact) mass is 298 g/mol. The minimum Gasteiger partial charge on any atom is -0.337 e. The molecule has 1 aliphatic heterocycles. The Morgan fingerprint density at radius 1 is 1.36 bits per heavy atom. The van der Waals surface area contributed by atoms with Crippen LogP contribution in [0.2, 0.25) is 0 Å². The Kier molecular flexibility index (Phi) is 4.53. The van der Waals surface area contributed by atoms with E-state index in [9.17, 15) is 4.79 Å². The number of hydrogen-bond acceptors (Lipinski definition) is 3. The molecule has 2 heterocycles. The molecule has 3 rings (SSSR count). The third-order valence-electron chi connectivity index (χ3n) is 4.24. The van der Waals surface area contributed by atoms with E-state index in [-0.39, 0.29) is 5.91 Å². The maximum absolute atomic E-state index is 12.6. The fourth-order valence-electron chi connectivity index (χ4n) is 2.92. The average molecular weight is 298 g/mol. The third kappa shape index (κ3) is 3.36. The molecule has 1 N–H and O–H groups in total. The summed E-state index contributed by atoms with van der Waals surface area (Å²) >= 11 is 0. The van der Waals surface area contributed by atoms with Gasteiger partial charge in [-0.05, 0) is 37.6 Å². The van der Waals surface area contributed by atoms with Crippen LogP contribution in [0.15, 0.2) is 43.0 Å². The lowest BCUT2D eigenvalue weighted by atomic mass is 10.0. The highest BCUT2D eigenvalue weighted by molar-refractivity contribution is 5.94. The fourth-order valence-corrected chi connectivity index (χ4v) is 2.92. The summed E-state index contributed by atoms with van der Waals surface area (Å²) in [5.41, 5.74) is 1.94. The first kappa shape index (κ1) is 14.8. The Balaban J connectivity index is 1.65. The van der Waals surface area contributed by atoms with Crippen LogP contribution in [0.3, 0.4) is 0 Å². The number of nitrogens with zero attached hydrogens (tertiary/aromatic N) is 3. The summed E-state index contributed by atoms with van der Waals surface area (Å²) in [5.74, 6) is 0.133. The zero-order valence-corrected chi connectivity index (χ0v) is 12.9. The van der Waals surface area contributed by atoms with Crippen LogP contribution in [-0.4, -0.2) is 46.5 Å². The molecule has 1 unspecified atom stereocenters. The van der Waals surface area contributed by atoms with E-state index in [0.717, 1.165) is 38.0 Å². The predicted octanol–water partition coefficient (Wildman–Crippen LogP) is 1.76. The number of carbonyl (C=O) groups excluding carboxylic acids is 1. The van der Waals surface area contributed by atoms with Gasteiger partial charge in [-0.3, -0.25) is 4.79 Å². The molecule has 1 aliphatic rings. The molecule has 116 valence electrons. The number of rotatable bonds is 4. The molecule has 0 saturated carbocycles. The molecule has 5 heteroatoms. The van der Waals surface area contributed by atoms with Gasteiger partial charge >= 0.3 is 0 Å². The van der Waals surface area contributed by atoms with E-state index in [1.807, 2.05) is 47.0 Å². The summed E-state index contributed by atoms with van der Waals surface area (Å²) in [6.45, 7) is 2.43. The SMILES string of the molecule is CNC1CCCN(C(=O)c2ccc(Cn3ccnc3)cc2)C1. The lowest BCUT2D eigenvalue weighted by Crippen LogP contribution is -2.46. The number of nitrogens with one attached hydrogen (secondary N) is 1. The molecule has 1 saturated heterocycles. The van der Waals surface area contributed by atoms with E-state index >= 15 is 0 Å². The Labute approximate surface area is 131 Å². The topological polar surface area (TPSA) is 50.2 Å². The standard InChI is InChI=1S/C17H22N4O/c1-18-16-3-2-9-21(12-16)17(22)15-6-4-14(5-7-15)11-20-10-8-19-13-20/h4-8,10,13,16,18H,2-3,9,11-12H2,1H3. The van der Waals surface area contributed by atoms with Crippen molar-refractivity contribution in [3.8, 4) is 0 Å². The number of hydrogen-bond donors (Lipinski definition) is 1. The number of benzene rings is 1. The van der Waals surface area contributed by atoms with Gasteiger partial charge in [-0.15, -0.1) is 0 Å². The van der Waals surface area contributed by atoms with Crippen molar-refractivity contribution in [2.24, 2.45) is 0 Å². The first-order valence-electron chi connectivity index (χ1n) is 7.77. The molecule has 2 aromatic rings. The summed E-state index contributed by atoms with van der Waals surface area (Å²) < 4.78 is 2.01. The van der Waals surface area contributed by atoms with Gasteiger partial charge in [-0.25, -0.2) is 4.98 Å². The zero-order valence-electron chi connectivity index (χ0n) is 12.9. The zero-order chi connectivity index (χ0) is 15.4. The summed E-state index contributed by atoms with van der Waals surface area (Å²) in [4.78, 5) is 18.6. The summed E-state index contributed by atoms with van der Waals surface area (Å²) in [5, 5.41) is 3.27. The van der Waals surface area contributed by atoms with Gasteiger partial charge in [0.05, 0.1) is 6.33 Å². The van der Waals surface area contributed by atoms with Gasteiger partial charge < -0.3 is 14.8 Å². The molecule has 1 aromatic carbocycles. The molecule has 0 radical (unpaired) electrons. The number of aromatic nitrogens is 2. The van der Waals surface area contributed by atoms with Crippen molar-refractivity contribution >= 4 is 5.91 Å². The quantitative estimate of drug-likeness (QED) is 0.935. The van der Waals surface area contributed by atoms with Crippen molar-refractivity contribution in [3.63, 3.8) is 0 Å². The molecular formula is C17H22N4O. The van der Waals surface area contributed by atoms with E-state index in [1.165, 1.54) is 5.56 Å². The van der Waals surface area contributed by atoms with Gasteiger partial charge in [0.15, 0.2) is 0 Å². The van der Waals surface area contributed by atoms with Crippen LogP contribution in [0.5, 0.6) is 0 Å². The van der Waals surface area contributed by atoms with E-state index in [0.29, 0.717) is 6.04 Å². The Morgan fingerprint density at radius 3 is 2.86 bits per heavy atom. The summed E-state index contributed by atoms with van der Waals surface area (Å²) in [6, 6.07) is 8.31. The van der Waals surface area contributed by atoms with Crippen molar-refractivity contribution in [1.82, 2.24) is 19.8 Å². The van der Waals surface area contributed by atoms with Crippen LogP contribution in [0.4, 0.5) is 0 Å². The number of likely N-dealkylation sites (N-methyl/N-ethyl adjacent to an activating group) is 1. The second kappa shape index (κ2) is 6.75. The number of imidazole rings is 1. The molecule has 0 spiro atoms. The minimum atomic E-state index is 0.133. The molecule has 1 fully saturated rings. The normalized spacial score (nSPS) is 18.4. The summed E-state index contributed by atoms with van der Waals surface area (Å²) in [7, 11) is 1.96. The molecule has 1 amide bonds. The van der Waals surface area contributed by atoms with Crippen molar-refractivity contribution < 1.29 is 4.79 Å². The van der Waals surface area contributed by atoms with Gasteiger partial charge in [0, 0.05) is 43.6 Å². The Hall–Kier alpha value is -2.14. The van der Waals surface area contributed by atoms with Crippen molar-refractivity contribution in [1.29, 1.82) is 0 Å². The van der Waals surface area contributed by atoms with Gasteiger partial charge in [0.25, 0.3) is 5.91 Å². The van der Waals surface area contributed by atoms with E-state index in [2.05, 4.69) is 10.3 Å². The lowest BCUT2D eigenvalue weighted by Gasteiger charge is -2.32. The summed E-state index contributed by atoms with van der Waals surface area (Å²) in [6.07, 6.45) is 7.71. The molecule has 22 heavy (non-hydrogen) atoms. The maximum Gasteiger partial charge on any atom is 0.253 e. The van der Waals surface area contributed by atoms with E-state index in [1.54, 1.807) is 12.5 Å². The Morgan fingerprint density at radius 2 is 2.18 bits per heavy atom. The molecule has 0 aliphatic carbocycles. The highest BCUT2D eigenvalue weighted by atomic mass is 16.2. The highest BCUT2D eigenvalue weighted by Gasteiger charge is 2.23. The van der Waals surface area contributed by atoms with Crippen LogP contribution >= 0.6 is 0 Å². The minimum absolute atomic E-state index is 0.133. The number of likely N-dealkylation sites (tertiary alicyclic amines) is 1. The molecule has 0 bridgehead atoms. The van der Waals surface area contributed by atoms with Gasteiger partial charge in [-0.1, -0.05) is 12.1 Å². The molecule has 1 atom stereocenters. The predicted molar refractivity (Wildman–Crippen MR) is 85.8 cm³/mol. The van der Waals surface area contributed by atoms with Crippen LogP contribution in [-0.2, 0) is 6.54 Å². The largest absolute Gasteiger partial charge is 0.337 e. The number of piperidine rings is 1.